The molecule has 2 aromatic rings. The fraction of sp³-hybridized carbons (Fsp3) is 0.520. The van der Waals surface area contributed by atoms with Gasteiger partial charge in [-0.2, -0.15) is 0 Å². The van der Waals surface area contributed by atoms with Crippen LogP contribution in [0.4, 0.5) is 5.82 Å². The maximum Gasteiger partial charge on any atom is 0.239 e. The van der Waals surface area contributed by atoms with Crippen LogP contribution in [0.15, 0.2) is 42.6 Å². The first-order chi connectivity index (χ1) is 14.6. The lowest BCUT2D eigenvalue weighted by molar-refractivity contribution is -0.120. The first-order valence-corrected chi connectivity index (χ1v) is 11.3. The normalized spacial score (nSPS) is 22.6. The van der Waals surface area contributed by atoms with Crippen LogP contribution in [0.5, 0.6) is 5.75 Å². The smallest absolute Gasteiger partial charge is 0.239 e. The van der Waals surface area contributed by atoms with E-state index >= 15 is 0 Å². The molecular formula is C25H33N3O2. The van der Waals surface area contributed by atoms with E-state index in [-0.39, 0.29) is 5.91 Å². The van der Waals surface area contributed by atoms with Gasteiger partial charge < -0.3 is 15.0 Å². The standard InChI is InChI=1S/C25H33N3O2/c1-3-30-23-6-4-5-20(15-23)18(2)13-19-7-8-21(14-19)22-9-10-24(27-16-22)28-12-11-26-25(29)17-28/h4-6,9-10,15-16,18-19,21H,3,7-8,11-14,17H2,1-2H3,(H,26,29)/t18-,19+,21+/m0/s1. The number of nitrogens with zero attached hydrogens (tertiary/aromatic N) is 2. The number of hydrogen-bond acceptors (Lipinski definition) is 4. The van der Waals surface area contributed by atoms with Gasteiger partial charge in [0.15, 0.2) is 0 Å². The number of piperazine rings is 1. The monoisotopic (exact) mass is 407 g/mol. The Bertz CT molecular complexity index is 852. The molecular weight excluding hydrogens is 374 g/mol. The second-order valence-electron chi connectivity index (χ2n) is 8.74. The minimum atomic E-state index is 0.0756. The van der Waals surface area contributed by atoms with Crippen LogP contribution in [0.2, 0.25) is 0 Å². The van der Waals surface area contributed by atoms with Crippen molar-refractivity contribution in [2.45, 2.75) is 51.4 Å². The zero-order valence-corrected chi connectivity index (χ0v) is 18.1. The number of pyridine rings is 1. The second-order valence-corrected chi connectivity index (χ2v) is 8.74. The lowest BCUT2D eigenvalue weighted by atomic mass is 9.88. The van der Waals surface area contributed by atoms with Gasteiger partial charge in [0, 0.05) is 19.3 Å². The number of carbonyl (C=O) groups is 1. The van der Waals surface area contributed by atoms with Crippen molar-refractivity contribution in [3.8, 4) is 5.75 Å². The molecule has 0 bridgehead atoms. The van der Waals surface area contributed by atoms with Gasteiger partial charge in [0.05, 0.1) is 13.2 Å². The Balaban J connectivity index is 1.33. The van der Waals surface area contributed by atoms with Crippen LogP contribution in [-0.2, 0) is 4.79 Å². The van der Waals surface area contributed by atoms with E-state index in [1.807, 2.05) is 19.2 Å². The van der Waals surface area contributed by atoms with Crippen LogP contribution in [-0.4, -0.2) is 37.1 Å². The van der Waals surface area contributed by atoms with E-state index in [1.54, 1.807) is 0 Å². The van der Waals surface area contributed by atoms with E-state index in [2.05, 4.69) is 52.5 Å². The molecule has 1 aromatic carbocycles. The van der Waals surface area contributed by atoms with Gasteiger partial charge in [-0.15, -0.1) is 0 Å². The summed E-state index contributed by atoms with van der Waals surface area (Å²) in [6.45, 7) is 6.99. The lowest BCUT2D eigenvalue weighted by Gasteiger charge is -2.27. The first kappa shape index (κ1) is 20.7. The molecule has 0 spiro atoms. The van der Waals surface area contributed by atoms with Crippen LogP contribution in [0.25, 0.3) is 0 Å². The molecule has 30 heavy (non-hydrogen) atoms. The zero-order valence-electron chi connectivity index (χ0n) is 18.1. The molecule has 0 unspecified atom stereocenters. The number of aromatic nitrogens is 1. The molecule has 3 atom stereocenters. The molecule has 1 aliphatic heterocycles. The number of carbonyl (C=O) groups excluding carboxylic acids is 1. The molecule has 2 fully saturated rings. The average Bonchev–Trinajstić information content (AvgIpc) is 3.23. The molecule has 1 aromatic heterocycles. The van der Waals surface area contributed by atoms with Gasteiger partial charge in [-0.1, -0.05) is 25.1 Å². The van der Waals surface area contributed by atoms with Gasteiger partial charge >= 0.3 is 0 Å². The van der Waals surface area contributed by atoms with Crippen LogP contribution in [0, 0.1) is 5.92 Å². The zero-order chi connectivity index (χ0) is 20.9. The van der Waals surface area contributed by atoms with Crippen molar-refractivity contribution < 1.29 is 9.53 Å². The van der Waals surface area contributed by atoms with Crippen molar-refractivity contribution in [2.75, 3.05) is 31.1 Å². The molecule has 5 heteroatoms. The number of benzene rings is 1. The third-order valence-corrected chi connectivity index (χ3v) is 6.57. The van der Waals surface area contributed by atoms with E-state index in [1.165, 1.54) is 36.8 Å². The highest BCUT2D eigenvalue weighted by Crippen LogP contribution is 2.42. The summed E-state index contributed by atoms with van der Waals surface area (Å²) < 4.78 is 5.67. The van der Waals surface area contributed by atoms with Crippen molar-refractivity contribution in [2.24, 2.45) is 5.92 Å². The molecule has 1 amide bonds. The van der Waals surface area contributed by atoms with Gasteiger partial charge in [-0.05, 0) is 79.7 Å². The fourth-order valence-electron chi connectivity index (χ4n) is 4.97. The summed E-state index contributed by atoms with van der Waals surface area (Å²) in [7, 11) is 0. The van der Waals surface area contributed by atoms with Crippen molar-refractivity contribution in [3.63, 3.8) is 0 Å². The highest BCUT2D eigenvalue weighted by atomic mass is 16.5. The SMILES string of the molecule is CCOc1cccc([C@@H](C)C[C@H]2CC[C@@H](c3ccc(N4CCNC(=O)C4)nc3)C2)c1. The van der Waals surface area contributed by atoms with E-state index in [9.17, 15) is 4.79 Å². The van der Waals surface area contributed by atoms with Crippen LogP contribution in [0.3, 0.4) is 0 Å². The molecule has 2 heterocycles. The number of nitrogens with one attached hydrogen (secondary N) is 1. The Morgan fingerprint density at radius 3 is 2.93 bits per heavy atom. The third kappa shape index (κ3) is 4.94. The summed E-state index contributed by atoms with van der Waals surface area (Å²) in [5.41, 5.74) is 2.72. The number of rotatable bonds is 7. The van der Waals surface area contributed by atoms with E-state index in [0.29, 0.717) is 31.5 Å². The van der Waals surface area contributed by atoms with Gasteiger partial charge in [-0.25, -0.2) is 4.98 Å². The van der Waals surface area contributed by atoms with Gasteiger partial charge in [0.1, 0.15) is 11.6 Å². The Labute approximate surface area is 179 Å². The Hall–Kier alpha value is -2.56. The molecule has 2 aliphatic rings. The fourth-order valence-corrected chi connectivity index (χ4v) is 4.97. The van der Waals surface area contributed by atoms with Gasteiger partial charge in [-0.3, -0.25) is 4.79 Å². The quantitative estimate of drug-likeness (QED) is 0.735. The van der Waals surface area contributed by atoms with Crippen molar-refractivity contribution in [3.05, 3.63) is 53.7 Å². The van der Waals surface area contributed by atoms with Crippen molar-refractivity contribution in [1.29, 1.82) is 0 Å². The summed E-state index contributed by atoms with van der Waals surface area (Å²) in [4.78, 5) is 18.3. The molecule has 5 nitrogen and oxygen atoms in total. The highest BCUT2D eigenvalue weighted by Gasteiger charge is 2.28. The van der Waals surface area contributed by atoms with Crippen LogP contribution >= 0.6 is 0 Å². The van der Waals surface area contributed by atoms with E-state index < -0.39 is 0 Å². The minimum Gasteiger partial charge on any atom is -0.494 e. The summed E-state index contributed by atoms with van der Waals surface area (Å²) >= 11 is 0. The summed E-state index contributed by atoms with van der Waals surface area (Å²) in [5.74, 6) is 3.86. The topological polar surface area (TPSA) is 54.5 Å². The van der Waals surface area contributed by atoms with Gasteiger partial charge in [0.25, 0.3) is 0 Å². The van der Waals surface area contributed by atoms with Crippen molar-refractivity contribution >= 4 is 11.7 Å². The second kappa shape index (κ2) is 9.50. The van der Waals surface area contributed by atoms with Crippen molar-refractivity contribution in [1.82, 2.24) is 10.3 Å². The molecule has 1 saturated carbocycles. The molecule has 1 aliphatic carbocycles. The number of ether oxygens (including phenoxy) is 1. The summed E-state index contributed by atoms with van der Waals surface area (Å²) in [6.07, 6.45) is 7.02. The maximum atomic E-state index is 11.6. The van der Waals surface area contributed by atoms with E-state index in [4.69, 9.17) is 4.74 Å². The lowest BCUT2D eigenvalue weighted by Crippen LogP contribution is -2.48. The molecule has 4 rings (SSSR count). The molecule has 0 radical (unpaired) electrons. The minimum absolute atomic E-state index is 0.0756. The maximum absolute atomic E-state index is 11.6. The molecule has 160 valence electrons. The Morgan fingerprint density at radius 1 is 1.27 bits per heavy atom. The third-order valence-electron chi connectivity index (χ3n) is 6.57. The van der Waals surface area contributed by atoms with Crippen LogP contribution < -0.4 is 15.0 Å². The highest BCUT2D eigenvalue weighted by molar-refractivity contribution is 5.82. The predicted octanol–water partition coefficient (Wildman–Crippen LogP) is 4.49. The first-order valence-electron chi connectivity index (χ1n) is 11.3. The van der Waals surface area contributed by atoms with Crippen LogP contribution in [0.1, 0.15) is 62.5 Å². The molecule has 1 saturated heterocycles. The Morgan fingerprint density at radius 2 is 2.17 bits per heavy atom. The average molecular weight is 408 g/mol. The Kier molecular flexibility index (Phi) is 6.56. The largest absolute Gasteiger partial charge is 0.494 e. The van der Waals surface area contributed by atoms with Gasteiger partial charge in [0.2, 0.25) is 5.91 Å². The number of anilines is 1. The predicted molar refractivity (Wildman–Crippen MR) is 120 cm³/mol. The summed E-state index contributed by atoms with van der Waals surface area (Å²) in [5, 5.41) is 2.86. The number of amides is 1. The van der Waals surface area contributed by atoms with E-state index in [0.717, 1.165) is 24.0 Å². The summed E-state index contributed by atoms with van der Waals surface area (Å²) in [6, 6.07) is 12.9. The molecule has 1 N–H and O–H groups in total. The number of hydrogen-bond donors (Lipinski definition) is 1.